The molecule has 3 rings (SSSR count). The zero-order valence-electron chi connectivity index (χ0n) is 12.3. The van der Waals surface area contributed by atoms with Crippen molar-refractivity contribution in [3.05, 3.63) is 24.0 Å². The summed E-state index contributed by atoms with van der Waals surface area (Å²) in [5.74, 6) is 3.57. The summed E-state index contributed by atoms with van der Waals surface area (Å²) in [6.07, 6.45) is 2.19. The fraction of sp³-hybridized carbons (Fsp3) is 0.467. The maximum Gasteiger partial charge on any atom is 0.181 e. The number of rotatable bonds is 4. The lowest BCUT2D eigenvalue weighted by Crippen LogP contribution is -2.27. The Balaban J connectivity index is 1.88. The molecule has 112 valence electrons. The van der Waals surface area contributed by atoms with Crippen LogP contribution in [0.2, 0.25) is 0 Å². The Morgan fingerprint density at radius 2 is 1.71 bits per heavy atom. The Morgan fingerprint density at radius 1 is 1.05 bits per heavy atom. The van der Waals surface area contributed by atoms with Gasteiger partial charge < -0.3 is 14.8 Å². The highest BCUT2D eigenvalue weighted by Gasteiger charge is 2.19. The number of hydrogen-bond acceptors (Lipinski definition) is 5. The lowest BCUT2D eigenvalue weighted by atomic mass is 9.98. The molecule has 1 aromatic heterocycles. The standard InChI is InChI=1S/C15H20N4O2/c1-20-12-7-11(8-13(9-12)21-2)15-17-14(18-19-15)10-3-5-16-6-4-10/h7-10,16H,3-6H2,1-2H3,(H,17,18,19). The highest BCUT2D eigenvalue weighted by molar-refractivity contribution is 5.60. The van der Waals surface area contributed by atoms with E-state index in [1.807, 2.05) is 18.2 Å². The van der Waals surface area contributed by atoms with Crippen LogP contribution >= 0.6 is 0 Å². The van der Waals surface area contributed by atoms with Crippen LogP contribution in [0, 0.1) is 0 Å². The molecule has 1 aliphatic heterocycles. The van der Waals surface area contributed by atoms with Gasteiger partial charge in [0.05, 0.1) is 14.2 Å². The summed E-state index contributed by atoms with van der Waals surface area (Å²) >= 11 is 0. The van der Waals surface area contributed by atoms with Crippen molar-refractivity contribution < 1.29 is 9.47 Å². The monoisotopic (exact) mass is 288 g/mol. The van der Waals surface area contributed by atoms with Gasteiger partial charge in [-0.3, -0.25) is 5.10 Å². The molecule has 0 unspecified atom stereocenters. The molecule has 2 aromatic rings. The largest absolute Gasteiger partial charge is 0.497 e. The zero-order valence-corrected chi connectivity index (χ0v) is 12.3. The number of nitrogens with zero attached hydrogens (tertiary/aromatic N) is 2. The van der Waals surface area contributed by atoms with E-state index in [9.17, 15) is 0 Å². The van der Waals surface area contributed by atoms with Crippen LogP contribution in [0.25, 0.3) is 11.4 Å². The molecule has 0 bridgehead atoms. The Morgan fingerprint density at radius 3 is 2.33 bits per heavy atom. The van der Waals surface area contributed by atoms with Crippen LogP contribution in [-0.2, 0) is 0 Å². The van der Waals surface area contributed by atoms with Gasteiger partial charge in [-0.25, -0.2) is 4.98 Å². The van der Waals surface area contributed by atoms with Gasteiger partial charge in [-0.1, -0.05) is 0 Å². The molecule has 6 nitrogen and oxygen atoms in total. The molecule has 2 N–H and O–H groups in total. The quantitative estimate of drug-likeness (QED) is 0.899. The van der Waals surface area contributed by atoms with Crippen LogP contribution in [0.4, 0.5) is 0 Å². The molecule has 0 amide bonds. The summed E-state index contributed by atoms with van der Waals surface area (Å²) < 4.78 is 10.6. The minimum atomic E-state index is 0.458. The minimum Gasteiger partial charge on any atom is -0.497 e. The van der Waals surface area contributed by atoms with Crippen LogP contribution in [0.15, 0.2) is 18.2 Å². The van der Waals surface area contributed by atoms with E-state index >= 15 is 0 Å². The number of ether oxygens (including phenoxy) is 2. The highest BCUT2D eigenvalue weighted by atomic mass is 16.5. The summed E-state index contributed by atoms with van der Waals surface area (Å²) in [6.45, 7) is 2.07. The number of hydrogen-bond donors (Lipinski definition) is 2. The van der Waals surface area contributed by atoms with E-state index in [0.29, 0.717) is 11.7 Å². The molecule has 1 aromatic carbocycles. The smallest absolute Gasteiger partial charge is 0.181 e. The number of H-pyrrole nitrogens is 1. The van der Waals surface area contributed by atoms with Gasteiger partial charge in [-0.05, 0) is 38.1 Å². The molecular formula is C15H20N4O2. The van der Waals surface area contributed by atoms with Gasteiger partial charge in [0, 0.05) is 17.5 Å². The van der Waals surface area contributed by atoms with E-state index in [2.05, 4.69) is 20.5 Å². The zero-order chi connectivity index (χ0) is 14.7. The normalized spacial score (nSPS) is 15.9. The maximum absolute atomic E-state index is 5.29. The van der Waals surface area contributed by atoms with E-state index in [1.54, 1.807) is 14.2 Å². The summed E-state index contributed by atoms with van der Waals surface area (Å²) in [5.41, 5.74) is 0.891. The second-order valence-electron chi connectivity index (χ2n) is 5.17. The van der Waals surface area contributed by atoms with Crippen molar-refractivity contribution in [3.63, 3.8) is 0 Å². The second kappa shape index (κ2) is 6.13. The van der Waals surface area contributed by atoms with Crippen molar-refractivity contribution in [1.29, 1.82) is 0 Å². The van der Waals surface area contributed by atoms with E-state index < -0.39 is 0 Å². The number of benzene rings is 1. The molecule has 21 heavy (non-hydrogen) atoms. The summed E-state index contributed by atoms with van der Waals surface area (Å²) in [5, 5.41) is 10.8. The average molecular weight is 288 g/mol. The van der Waals surface area contributed by atoms with Crippen molar-refractivity contribution in [2.24, 2.45) is 0 Å². The third-order valence-electron chi connectivity index (χ3n) is 3.84. The number of piperidine rings is 1. The van der Waals surface area contributed by atoms with Gasteiger partial charge >= 0.3 is 0 Å². The van der Waals surface area contributed by atoms with Gasteiger partial charge in [0.1, 0.15) is 17.3 Å². The predicted octanol–water partition coefficient (Wildman–Crippen LogP) is 1.96. The Kier molecular flexibility index (Phi) is 4.06. The molecule has 0 saturated carbocycles. The SMILES string of the molecule is COc1cc(OC)cc(-c2n[nH]c(C3CCNCC3)n2)c1. The van der Waals surface area contributed by atoms with Crippen molar-refractivity contribution >= 4 is 0 Å². The Labute approximate surface area is 123 Å². The van der Waals surface area contributed by atoms with Crippen molar-refractivity contribution in [1.82, 2.24) is 20.5 Å². The first-order chi connectivity index (χ1) is 10.3. The maximum atomic E-state index is 5.29. The van der Waals surface area contributed by atoms with Crippen molar-refractivity contribution in [3.8, 4) is 22.9 Å². The lowest BCUT2D eigenvalue weighted by Gasteiger charge is -2.19. The topological polar surface area (TPSA) is 72.1 Å². The molecule has 0 atom stereocenters. The minimum absolute atomic E-state index is 0.458. The molecule has 2 heterocycles. The number of nitrogens with one attached hydrogen (secondary N) is 2. The summed E-state index contributed by atoms with van der Waals surface area (Å²) in [4.78, 5) is 4.65. The fourth-order valence-corrected chi connectivity index (χ4v) is 2.62. The first-order valence-corrected chi connectivity index (χ1v) is 7.16. The molecule has 0 radical (unpaired) electrons. The van der Waals surface area contributed by atoms with Gasteiger partial charge in [-0.15, -0.1) is 0 Å². The fourth-order valence-electron chi connectivity index (χ4n) is 2.62. The summed E-state index contributed by atoms with van der Waals surface area (Å²) in [6, 6.07) is 5.67. The number of methoxy groups -OCH3 is 2. The van der Waals surface area contributed by atoms with Gasteiger partial charge in [0.25, 0.3) is 0 Å². The van der Waals surface area contributed by atoms with E-state index in [1.165, 1.54) is 0 Å². The highest BCUT2D eigenvalue weighted by Crippen LogP contribution is 2.29. The van der Waals surface area contributed by atoms with E-state index in [-0.39, 0.29) is 0 Å². The van der Waals surface area contributed by atoms with Gasteiger partial charge in [0.2, 0.25) is 0 Å². The summed E-state index contributed by atoms with van der Waals surface area (Å²) in [7, 11) is 3.27. The predicted molar refractivity (Wildman–Crippen MR) is 79.8 cm³/mol. The third-order valence-corrected chi connectivity index (χ3v) is 3.84. The molecule has 1 aliphatic rings. The van der Waals surface area contributed by atoms with E-state index in [4.69, 9.17) is 9.47 Å². The van der Waals surface area contributed by atoms with E-state index in [0.717, 1.165) is 48.8 Å². The molecule has 1 saturated heterocycles. The second-order valence-corrected chi connectivity index (χ2v) is 5.17. The van der Waals surface area contributed by atoms with Crippen LogP contribution in [0.1, 0.15) is 24.6 Å². The van der Waals surface area contributed by atoms with Crippen molar-refractivity contribution in [2.75, 3.05) is 27.3 Å². The first-order valence-electron chi connectivity index (χ1n) is 7.16. The Bertz CT molecular complexity index is 583. The van der Waals surface area contributed by atoms with Crippen LogP contribution in [-0.4, -0.2) is 42.5 Å². The molecule has 6 heteroatoms. The molecule has 0 aliphatic carbocycles. The lowest BCUT2D eigenvalue weighted by molar-refractivity contribution is 0.394. The Hall–Kier alpha value is -2.08. The molecule has 1 fully saturated rings. The third kappa shape index (κ3) is 3.00. The van der Waals surface area contributed by atoms with Crippen LogP contribution < -0.4 is 14.8 Å². The van der Waals surface area contributed by atoms with Crippen LogP contribution in [0.3, 0.4) is 0 Å². The van der Waals surface area contributed by atoms with Gasteiger partial charge in [0.15, 0.2) is 5.82 Å². The average Bonchev–Trinajstić information content (AvgIpc) is 3.05. The first kappa shape index (κ1) is 13.9. The van der Waals surface area contributed by atoms with Crippen LogP contribution in [0.5, 0.6) is 11.5 Å². The number of aromatic nitrogens is 3. The van der Waals surface area contributed by atoms with Gasteiger partial charge in [-0.2, -0.15) is 5.10 Å². The molecular weight excluding hydrogens is 268 g/mol. The molecule has 0 spiro atoms. The number of aromatic amines is 1. The van der Waals surface area contributed by atoms with Crippen molar-refractivity contribution in [2.45, 2.75) is 18.8 Å².